The second-order valence-corrected chi connectivity index (χ2v) is 11.5. The van der Waals surface area contributed by atoms with Gasteiger partial charge >= 0.3 is 0 Å². The summed E-state index contributed by atoms with van der Waals surface area (Å²) in [7, 11) is 0. The number of aryl methyl sites for hydroxylation is 1. The molecule has 37 heavy (non-hydrogen) atoms. The zero-order valence-corrected chi connectivity index (χ0v) is 24.0. The average Bonchev–Trinajstić information content (AvgIpc) is 2.93. The number of rotatable bonds is 18. The number of pyridine rings is 1. The summed E-state index contributed by atoms with van der Waals surface area (Å²) >= 11 is 0. The zero-order valence-electron chi connectivity index (χ0n) is 24.0. The lowest BCUT2D eigenvalue weighted by atomic mass is 9.78. The molecule has 0 amide bonds. The topological polar surface area (TPSA) is 48.1 Å². The number of ether oxygens (including phenoxy) is 1. The lowest BCUT2D eigenvalue weighted by Crippen LogP contribution is -2.15. The van der Waals surface area contributed by atoms with E-state index in [9.17, 15) is 0 Å². The first-order chi connectivity index (χ1) is 18.2. The van der Waals surface area contributed by atoms with Crippen LogP contribution in [0.1, 0.15) is 129 Å². The fourth-order valence-electron chi connectivity index (χ4n) is 5.96. The highest BCUT2D eigenvalue weighted by Crippen LogP contribution is 2.34. The van der Waals surface area contributed by atoms with E-state index in [-0.39, 0.29) is 0 Å². The van der Waals surface area contributed by atoms with Crippen LogP contribution in [0.25, 0.3) is 11.1 Å². The van der Waals surface area contributed by atoms with E-state index in [1.54, 1.807) is 0 Å². The van der Waals surface area contributed by atoms with Gasteiger partial charge in [-0.3, -0.25) is 0 Å². The van der Waals surface area contributed by atoms with Gasteiger partial charge in [-0.05, 0) is 66.8 Å². The molecule has 0 spiro atoms. The van der Waals surface area contributed by atoms with Crippen LogP contribution in [-0.2, 0) is 6.42 Å². The van der Waals surface area contributed by atoms with Crippen molar-refractivity contribution in [2.45, 2.75) is 129 Å². The minimum Gasteiger partial charge on any atom is -0.494 e. The molecule has 1 aliphatic rings. The van der Waals surface area contributed by atoms with Gasteiger partial charge in [-0.1, -0.05) is 116 Å². The van der Waals surface area contributed by atoms with Gasteiger partial charge in [-0.25, -0.2) is 4.98 Å². The minimum absolute atomic E-state index is 0.608. The Morgan fingerprint density at radius 1 is 0.757 bits per heavy atom. The van der Waals surface area contributed by atoms with Crippen molar-refractivity contribution in [2.75, 3.05) is 12.3 Å². The quantitative estimate of drug-likeness (QED) is 0.205. The van der Waals surface area contributed by atoms with Crippen LogP contribution in [-0.4, -0.2) is 11.6 Å². The SMILES string of the molecule is CCCCCCCCCc1cnc(N)c(-c2ccc(OCCCC3CCC(CCCCC)CC3)cc2)c1. The normalized spacial score (nSPS) is 17.7. The third-order valence-corrected chi connectivity index (χ3v) is 8.42. The van der Waals surface area contributed by atoms with Crippen molar-refractivity contribution < 1.29 is 4.74 Å². The smallest absolute Gasteiger partial charge is 0.131 e. The molecule has 0 bridgehead atoms. The highest BCUT2D eigenvalue weighted by molar-refractivity contribution is 5.74. The number of unbranched alkanes of at least 4 members (excludes halogenated alkanes) is 8. The van der Waals surface area contributed by atoms with Crippen LogP contribution in [0.2, 0.25) is 0 Å². The maximum Gasteiger partial charge on any atom is 0.131 e. The molecule has 0 radical (unpaired) electrons. The Morgan fingerprint density at radius 3 is 2.03 bits per heavy atom. The first kappa shape index (κ1) is 29.5. The van der Waals surface area contributed by atoms with E-state index in [1.807, 2.05) is 6.20 Å². The molecule has 2 aromatic rings. The van der Waals surface area contributed by atoms with Gasteiger partial charge in [-0.2, -0.15) is 0 Å². The van der Waals surface area contributed by atoms with Crippen LogP contribution in [0.3, 0.4) is 0 Å². The van der Waals surface area contributed by atoms with Gasteiger partial charge in [0.15, 0.2) is 0 Å². The molecule has 1 aromatic heterocycles. The van der Waals surface area contributed by atoms with Gasteiger partial charge < -0.3 is 10.5 Å². The molecule has 0 aliphatic heterocycles. The van der Waals surface area contributed by atoms with Crippen molar-refractivity contribution in [1.29, 1.82) is 0 Å². The molecule has 1 saturated carbocycles. The van der Waals surface area contributed by atoms with Crippen LogP contribution in [0.4, 0.5) is 5.82 Å². The second kappa shape index (κ2) is 17.5. The maximum atomic E-state index is 6.25. The lowest BCUT2D eigenvalue weighted by molar-refractivity contribution is 0.228. The van der Waals surface area contributed by atoms with Gasteiger partial charge in [-0.15, -0.1) is 0 Å². The summed E-state index contributed by atoms with van der Waals surface area (Å²) < 4.78 is 6.08. The summed E-state index contributed by atoms with van der Waals surface area (Å²) in [5.74, 6) is 3.48. The monoisotopic (exact) mass is 506 g/mol. The summed E-state index contributed by atoms with van der Waals surface area (Å²) in [5, 5.41) is 0. The molecule has 0 unspecified atom stereocenters. The van der Waals surface area contributed by atoms with E-state index in [1.165, 1.54) is 108 Å². The predicted molar refractivity (Wildman–Crippen MR) is 160 cm³/mol. The number of nitrogens with two attached hydrogens (primary N) is 1. The Kier molecular flexibility index (Phi) is 13.9. The van der Waals surface area contributed by atoms with Crippen LogP contribution in [0.15, 0.2) is 36.5 Å². The predicted octanol–water partition coefficient (Wildman–Crippen LogP) is 10.2. The molecule has 3 heteroatoms. The summed E-state index contributed by atoms with van der Waals surface area (Å²) in [6, 6.07) is 10.6. The number of aromatic nitrogens is 1. The number of hydrogen-bond donors (Lipinski definition) is 1. The Bertz CT molecular complexity index is 855. The largest absolute Gasteiger partial charge is 0.494 e. The molecule has 1 heterocycles. The maximum absolute atomic E-state index is 6.25. The van der Waals surface area contributed by atoms with E-state index < -0.39 is 0 Å². The van der Waals surface area contributed by atoms with E-state index in [0.717, 1.165) is 48.2 Å². The van der Waals surface area contributed by atoms with Crippen LogP contribution in [0.5, 0.6) is 5.75 Å². The van der Waals surface area contributed by atoms with Crippen molar-refractivity contribution >= 4 is 5.82 Å². The summed E-state index contributed by atoms with van der Waals surface area (Å²) in [6.07, 6.45) is 26.2. The number of hydrogen-bond acceptors (Lipinski definition) is 3. The fraction of sp³-hybridized carbons (Fsp3) is 0.676. The molecular weight excluding hydrogens is 452 g/mol. The number of benzene rings is 1. The van der Waals surface area contributed by atoms with E-state index in [2.05, 4.69) is 49.2 Å². The van der Waals surface area contributed by atoms with Gasteiger partial charge in [0.2, 0.25) is 0 Å². The second-order valence-electron chi connectivity index (χ2n) is 11.5. The third kappa shape index (κ3) is 11.1. The van der Waals surface area contributed by atoms with Crippen LogP contribution in [0, 0.1) is 11.8 Å². The number of nitrogen functional groups attached to an aromatic ring is 1. The first-order valence-electron chi connectivity index (χ1n) is 15.7. The van der Waals surface area contributed by atoms with Crippen molar-refractivity contribution in [1.82, 2.24) is 4.98 Å². The number of nitrogens with zero attached hydrogens (tertiary/aromatic N) is 1. The Hall–Kier alpha value is -2.03. The summed E-state index contributed by atoms with van der Waals surface area (Å²) in [5.41, 5.74) is 9.69. The van der Waals surface area contributed by atoms with Gasteiger partial charge in [0.05, 0.1) is 6.61 Å². The minimum atomic E-state index is 0.608. The standard InChI is InChI=1S/C34H54N2O/c1-3-5-7-8-9-10-12-15-30-26-33(34(35)36-27-30)31-21-23-32(24-22-31)37-25-13-16-29-19-17-28(18-20-29)14-11-6-4-2/h21-24,26-29H,3-20,25H2,1-2H3,(H2,35,36). The van der Waals surface area contributed by atoms with E-state index >= 15 is 0 Å². The summed E-state index contributed by atoms with van der Waals surface area (Å²) in [4.78, 5) is 4.49. The average molecular weight is 507 g/mol. The highest BCUT2D eigenvalue weighted by Gasteiger charge is 2.20. The van der Waals surface area contributed by atoms with Crippen LogP contribution >= 0.6 is 0 Å². The Morgan fingerprint density at radius 2 is 1.35 bits per heavy atom. The number of anilines is 1. The first-order valence-corrected chi connectivity index (χ1v) is 15.7. The van der Waals surface area contributed by atoms with Gasteiger partial charge in [0.25, 0.3) is 0 Å². The molecule has 1 aliphatic carbocycles. The summed E-state index contributed by atoms with van der Waals surface area (Å²) in [6.45, 7) is 5.39. The lowest BCUT2D eigenvalue weighted by Gasteiger charge is -2.28. The van der Waals surface area contributed by atoms with Crippen molar-refractivity contribution in [3.05, 3.63) is 42.1 Å². The third-order valence-electron chi connectivity index (χ3n) is 8.42. The Balaban J connectivity index is 1.35. The molecule has 0 saturated heterocycles. The van der Waals surface area contributed by atoms with Crippen molar-refractivity contribution in [2.24, 2.45) is 11.8 Å². The van der Waals surface area contributed by atoms with Gasteiger partial charge in [0.1, 0.15) is 11.6 Å². The fourth-order valence-corrected chi connectivity index (χ4v) is 5.96. The van der Waals surface area contributed by atoms with E-state index in [4.69, 9.17) is 10.5 Å². The molecule has 1 aromatic carbocycles. The molecule has 2 N–H and O–H groups in total. The van der Waals surface area contributed by atoms with Gasteiger partial charge in [0, 0.05) is 11.8 Å². The van der Waals surface area contributed by atoms with Crippen molar-refractivity contribution in [3.63, 3.8) is 0 Å². The van der Waals surface area contributed by atoms with Crippen molar-refractivity contribution in [3.8, 4) is 16.9 Å². The van der Waals surface area contributed by atoms with E-state index in [0.29, 0.717) is 5.82 Å². The Labute approximate surface area is 228 Å². The molecule has 1 fully saturated rings. The van der Waals surface area contributed by atoms with Crippen LogP contribution < -0.4 is 10.5 Å². The molecular formula is C34H54N2O. The molecule has 206 valence electrons. The highest BCUT2D eigenvalue weighted by atomic mass is 16.5. The zero-order chi connectivity index (χ0) is 26.1. The molecule has 3 nitrogen and oxygen atoms in total. The molecule has 0 atom stereocenters. The molecule has 3 rings (SSSR count).